The number of fused-ring (bicyclic) bond motifs is 3. The molecule has 4 rings (SSSR count). The fourth-order valence-electron chi connectivity index (χ4n) is 5.69. The molecule has 2 fully saturated rings. The van der Waals surface area contributed by atoms with E-state index in [2.05, 4.69) is 26.8 Å². The molecule has 2 N–H and O–H groups in total. The molecule has 0 aromatic heterocycles. The average Bonchev–Trinajstić information content (AvgIpc) is 2.97. The van der Waals surface area contributed by atoms with Gasteiger partial charge < -0.3 is 14.8 Å². The number of amides is 2. The van der Waals surface area contributed by atoms with Gasteiger partial charge in [-0.1, -0.05) is 43.2 Å². The largest absolute Gasteiger partial charge is 0.508 e. The first-order valence-electron chi connectivity index (χ1n) is 11.5. The Labute approximate surface area is 190 Å². The standard InChI is InChI=1S/C25H32BNO5/c1-14(2)18-12-19-23(25(30)27(4)24(19)29)20-13-26(31)32-21(22(18)20)10-5-15(3)11-16-6-8-17(28)9-7-16/h6-9,11,14,19-21,23,28,31H,5,10,12-13H2,1-4H3/b15-11+/t19-,20+,21-,23-/m1/s1. The molecule has 0 radical (unpaired) electrons. The van der Waals surface area contributed by atoms with Gasteiger partial charge in [0.2, 0.25) is 11.8 Å². The van der Waals surface area contributed by atoms with Gasteiger partial charge in [0.05, 0.1) is 17.9 Å². The molecular formula is C25H32BNO5. The summed E-state index contributed by atoms with van der Waals surface area (Å²) >= 11 is 0. The maximum absolute atomic E-state index is 12.9. The van der Waals surface area contributed by atoms with Crippen LogP contribution < -0.4 is 0 Å². The molecule has 1 aromatic carbocycles. The third-order valence-electron chi connectivity index (χ3n) is 7.27. The number of hydrogen-bond donors (Lipinski definition) is 2. The quantitative estimate of drug-likeness (QED) is 0.417. The summed E-state index contributed by atoms with van der Waals surface area (Å²) < 4.78 is 6.02. The summed E-state index contributed by atoms with van der Waals surface area (Å²) in [5.41, 5.74) is 4.54. The van der Waals surface area contributed by atoms with E-state index in [1.165, 1.54) is 16.0 Å². The van der Waals surface area contributed by atoms with Crippen molar-refractivity contribution >= 4 is 25.0 Å². The van der Waals surface area contributed by atoms with Gasteiger partial charge in [-0.15, -0.1) is 0 Å². The first kappa shape index (κ1) is 22.8. The van der Waals surface area contributed by atoms with Crippen LogP contribution in [0.4, 0.5) is 0 Å². The van der Waals surface area contributed by atoms with Gasteiger partial charge in [-0.3, -0.25) is 14.5 Å². The van der Waals surface area contributed by atoms with Crippen LogP contribution in [0, 0.1) is 23.7 Å². The molecule has 2 amide bonds. The predicted molar refractivity (Wildman–Crippen MR) is 123 cm³/mol. The summed E-state index contributed by atoms with van der Waals surface area (Å²) in [6, 6.07) is 7.07. The van der Waals surface area contributed by atoms with Gasteiger partial charge in [-0.05, 0) is 67.6 Å². The number of likely N-dealkylation sites (tertiary alicyclic amines) is 1. The lowest BCUT2D eigenvalue weighted by atomic mass is 9.57. The van der Waals surface area contributed by atoms with Crippen molar-refractivity contribution in [3.63, 3.8) is 0 Å². The third-order valence-corrected chi connectivity index (χ3v) is 7.27. The van der Waals surface area contributed by atoms with Crippen molar-refractivity contribution in [2.45, 2.75) is 52.5 Å². The van der Waals surface area contributed by atoms with Crippen LogP contribution in [-0.4, -0.2) is 47.1 Å². The van der Waals surface area contributed by atoms with Gasteiger partial charge in [-0.2, -0.15) is 0 Å². The molecule has 2 heterocycles. The van der Waals surface area contributed by atoms with Gasteiger partial charge in [0.15, 0.2) is 0 Å². The number of aromatic hydroxyl groups is 1. The highest BCUT2D eigenvalue weighted by molar-refractivity contribution is 6.43. The van der Waals surface area contributed by atoms with Crippen LogP contribution in [0.3, 0.4) is 0 Å². The SMILES string of the molecule is C/C(=C\c1ccc(O)cc1)CC[C@H]1OB(O)C[C@H]2C1=C(C(C)C)C[C@H]1C(=O)N(C)C(=O)[C@H]12. The predicted octanol–water partition coefficient (Wildman–Crippen LogP) is 3.66. The van der Waals surface area contributed by atoms with Gasteiger partial charge >= 0.3 is 7.12 Å². The van der Waals surface area contributed by atoms with Gasteiger partial charge in [0.1, 0.15) is 5.75 Å². The summed E-state index contributed by atoms with van der Waals surface area (Å²) in [7, 11) is 0.638. The molecule has 0 saturated carbocycles. The summed E-state index contributed by atoms with van der Waals surface area (Å²) in [6.07, 6.45) is 4.26. The first-order chi connectivity index (χ1) is 15.2. The lowest BCUT2D eigenvalue weighted by Gasteiger charge is -2.44. The molecule has 7 heteroatoms. The minimum atomic E-state index is -0.934. The van der Waals surface area contributed by atoms with Crippen LogP contribution in [0.2, 0.25) is 6.32 Å². The molecule has 3 aliphatic rings. The summed E-state index contributed by atoms with van der Waals surface area (Å²) in [4.78, 5) is 26.9. The fraction of sp³-hybridized carbons (Fsp3) is 0.520. The van der Waals surface area contributed by atoms with E-state index in [1.54, 1.807) is 19.2 Å². The van der Waals surface area contributed by atoms with Gasteiger partial charge in [0.25, 0.3) is 0 Å². The Morgan fingerprint density at radius 2 is 1.91 bits per heavy atom. The highest BCUT2D eigenvalue weighted by Crippen LogP contribution is 2.51. The molecule has 0 unspecified atom stereocenters. The number of benzene rings is 1. The van der Waals surface area contributed by atoms with Crippen molar-refractivity contribution in [3.05, 3.63) is 46.5 Å². The smallest absolute Gasteiger partial charge is 0.455 e. The second-order valence-electron chi connectivity index (χ2n) is 9.75. The average molecular weight is 437 g/mol. The van der Waals surface area contributed by atoms with Crippen molar-refractivity contribution in [3.8, 4) is 5.75 Å². The van der Waals surface area contributed by atoms with E-state index in [4.69, 9.17) is 4.65 Å². The maximum Gasteiger partial charge on any atom is 0.455 e. The molecule has 0 bridgehead atoms. The van der Waals surface area contributed by atoms with Crippen molar-refractivity contribution in [1.29, 1.82) is 0 Å². The molecule has 1 aromatic rings. The molecule has 32 heavy (non-hydrogen) atoms. The number of rotatable bonds is 5. The molecular weight excluding hydrogens is 405 g/mol. The van der Waals surface area contributed by atoms with E-state index < -0.39 is 7.12 Å². The van der Waals surface area contributed by atoms with E-state index in [-0.39, 0.29) is 47.3 Å². The molecule has 4 atom stereocenters. The Kier molecular flexibility index (Phi) is 6.32. The lowest BCUT2D eigenvalue weighted by Crippen LogP contribution is -2.46. The van der Waals surface area contributed by atoms with E-state index in [0.717, 1.165) is 17.6 Å². The highest BCUT2D eigenvalue weighted by atomic mass is 16.5. The Balaban J connectivity index is 1.60. The topological polar surface area (TPSA) is 87.1 Å². The number of phenols is 1. The Hall–Kier alpha value is -2.38. The molecule has 1 aliphatic carbocycles. The van der Waals surface area contributed by atoms with Crippen molar-refractivity contribution in [2.75, 3.05) is 7.05 Å². The number of allylic oxidation sites excluding steroid dienone is 2. The fourth-order valence-corrected chi connectivity index (χ4v) is 5.69. The van der Waals surface area contributed by atoms with Crippen LogP contribution in [0.1, 0.15) is 45.6 Å². The maximum atomic E-state index is 12.9. The Bertz CT molecular complexity index is 967. The van der Waals surface area contributed by atoms with Crippen LogP contribution in [-0.2, 0) is 14.2 Å². The van der Waals surface area contributed by atoms with E-state index in [1.807, 2.05) is 12.1 Å². The molecule has 6 nitrogen and oxygen atoms in total. The zero-order valence-electron chi connectivity index (χ0n) is 19.2. The minimum Gasteiger partial charge on any atom is -0.508 e. The zero-order chi connectivity index (χ0) is 23.2. The second kappa shape index (κ2) is 8.87. The van der Waals surface area contributed by atoms with Crippen molar-refractivity contribution in [2.24, 2.45) is 23.7 Å². The molecule has 2 saturated heterocycles. The minimum absolute atomic E-state index is 0.0950. The van der Waals surface area contributed by atoms with Gasteiger partial charge in [0, 0.05) is 7.05 Å². The second-order valence-corrected chi connectivity index (χ2v) is 9.75. The normalized spacial score (nSPS) is 28.5. The monoisotopic (exact) mass is 437 g/mol. The summed E-state index contributed by atoms with van der Waals surface area (Å²) in [5.74, 6) is -0.589. The molecule has 0 spiro atoms. The molecule has 2 aliphatic heterocycles. The molecule has 170 valence electrons. The Morgan fingerprint density at radius 3 is 2.56 bits per heavy atom. The van der Waals surface area contributed by atoms with Crippen LogP contribution in [0.25, 0.3) is 6.08 Å². The lowest BCUT2D eigenvalue weighted by molar-refractivity contribution is -0.138. The Morgan fingerprint density at radius 1 is 1.22 bits per heavy atom. The zero-order valence-corrected chi connectivity index (χ0v) is 19.2. The number of carbonyl (C=O) groups excluding carboxylic acids is 2. The van der Waals surface area contributed by atoms with Gasteiger partial charge in [-0.25, -0.2) is 0 Å². The van der Waals surface area contributed by atoms with Crippen molar-refractivity contribution < 1.29 is 24.4 Å². The summed E-state index contributed by atoms with van der Waals surface area (Å²) in [5, 5.41) is 20.0. The van der Waals surface area contributed by atoms with Crippen molar-refractivity contribution in [1.82, 2.24) is 4.90 Å². The van der Waals surface area contributed by atoms with E-state index >= 15 is 0 Å². The first-order valence-corrected chi connectivity index (χ1v) is 11.5. The number of hydrogen-bond acceptors (Lipinski definition) is 5. The van der Waals surface area contributed by atoms with Crippen LogP contribution in [0.5, 0.6) is 5.75 Å². The van der Waals surface area contributed by atoms with E-state index in [0.29, 0.717) is 19.2 Å². The number of imide groups is 1. The number of carbonyl (C=O) groups is 2. The van der Waals surface area contributed by atoms with E-state index in [9.17, 15) is 19.7 Å². The van der Waals surface area contributed by atoms with Crippen LogP contribution >= 0.6 is 0 Å². The third kappa shape index (κ3) is 4.16. The van der Waals surface area contributed by atoms with Crippen LogP contribution in [0.15, 0.2) is 41.0 Å². The highest BCUT2D eigenvalue weighted by Gasteiger charge is 2.56. The summed E-state index contributed by atoms with van der Waals surface area (Å²) in [6.45, 7) is 6.32. The number of nitrogens with zero attached hydrogens (tertiary/aromatic N) is 1. The number of phenolic OH excluding ortho intramolecular Hbond substituents is 1.